The van der Waals surface area contributed by atoms with Crippen LogP contribution in [0.15, 0.2) is 91.3 Å². The quantitative estimate of drug-likeness (QED) is 0.559. The molecule has 2 heterocycles. The predicted octanol–water partition coefficient (Wildman–Crippen LogP) is 4.04. The van der Waals surface area contributed by atoms with Crippen molar-refractivity contribution < 1.29 is 4.79 Å². The third-order valence-electron chi connectivity index (χ3n) is 4.45. The summed E-state index contributed by atoms with van der Waals surface area (Å²) in [5, 5.41) is 7.44. The molecule has 0 aliphatic heterocycles. The van der Waals surface area contributed by atoms with Crippen LogP contribution in [0.1, 0.15) is 10.4 Å². The van der Waals surface area contributed by atoms with Crippen molar-refractivity contribution in [1.82, 2.24) is 20.1 Å². The number of pyridine rings is 1. The lowest BCUT2D eigenvalue weighted by atomic mass is 10.0. The highest BCUT2D eigenvalue weighted by Crippen LogP contribution is 2.19. The third-order valence-corrected chi connectivity index (χ3v) is 4.45. The second-order valence-corrected chi connectivity index (χ2v) is 6.38. The van der Waals surface area contributed by atoms with Crippen LogP contribution in [0.4, 0.5) is 0 Å². The summed E-state index contributed by atoms with van der Waals surface area (Å²) >= 11 is 0. The van der Waals surface area contributed by atoms with Gasteiger partial charge < -0.3 is 5.32 Å². The molecule has 4 rings (SSSR count). The molecule has 0 spiro atoms. The maximum Gasteiger partial charge on any atom is 0.251 e. The highest BCUT2D eigenvalue weighted by Gasteiger charge is 2.07. The van der Waals surface area contributed by atoms with E-state index in [2.05, 4.69) is 27.5 Å². The van der Waals surface area contributed by atoms with E-state index in [-0.39, 0.29) is 5.91 Å². The van der Waals surface area contributed by atoms with Crippen molar-refractivity contribution >= 4 is 5.91 Å². The first kappa shape index (κ1) is 17.7. The van der Waals surface area contributed by atoms with E-state index in [1.807, 2.05) is 77.6 Å². The van der Waals surface area contributed by atoms with Crippen molar-refractivity contribution in [3.63, 3.8) is 0 Å². The Bertz CT molecular complexity index is 1040. The first-order valence-electron chi connectivity index (χ1n) is 9.18. The molecule has 0 bridgehead atoms. The van der Waals surface area contributed by atoms with Crippen molar-refractivity contribution in [2.45, 2.75) is 6.54 Å². The molecule has 138 valence electrons. The second-order valence-electron chi connectivity index (χ2n) is 6.38. The van der Waals surface area contributed by atoms with Gasteiger partial charge in [0.2, 0.25) is 0 Å². The Kier molecular flexibility index (Phi) is 5.24. The Morgan fingerprint density at radius 3 is 2.32 bits per heavy atom. The summed E-state index contributed by atoms with van der Waals surface area (Å²) in [4.78, 5) is 16.7. The van der Waals surface area contributed by atoms with Gasteiger partial charge in [-0.25, -0.2) is 0 Å². The van der Waals surface area contributed by atoms with E-state index in [4.69, 9.17) is 0 Å². The normalized spacial score (nSPS) is 10.6. The lowest BCUT2D eigenvalue weighted by Gasteiger charge is -2.07. The smallest absolute Gasteiger partial charge is 0.251 e. The molecule has 0 unspecified atom stereocenters. The minimum atomic E-state index is -0.0864. The molecule has 0 radical (unpaired) electrons. The molecule has 0 fully saturated rings. The van der Waals surface area contributed by atoms with Crippen molar-refractivity contribution in [3.05, 3.63) is 96.8 Å². The van der Waals surface area contributed by atoms with Gasteiger partial charge in [-0.2, -0.15) is 5.10 Å². The molecule has 0 aliphatic rings. The molecule has 5 nitrogen and oxygen atoms in total. The SMILES string of the molecule is O=C(NCCn1ccc(-c2ccccn2)n1)c1ccc(-c2ccccc2)cc1. The van der Waals surface area contributed by atoms with Crippen molar-refractivity contribution in [1.29, 1.82) is 0 Å². The van der Waals surface area contributed by atoms with Crippen molar-refractivity contribution in [2.24, 2.45) is 0 Å². The predicted molar refractivity (Wildman–Crippen MR) is 110 cm³/mol. The molecule has 0 atom stereocenters. The minimum absolute atomic E-state index is 0.0864. The number of carbonyl (C=O) groups excluding carboxylic acids is 1. The van der Waals surface area contributed by atoms with Gasteiger partial charge in [-0.05, 0) is 41.5 Å². The summed E-state index contributed by atoms with van der Waals surface area (Å²) in [6.45, 7) is 1.10. The highest BCUT2D eigenvalue weighted by atomic mass is 16.1. The van der Waals surface area contributed by atoms with E-state index in [0.717, 1.165) is 22.5 Å². The number of hydrogen-bond donors (Lipinski definition) is 1. The number of amides is 1. The van der Waals surface area contributed by atoms with E-state index < -0.39 is 0 Å². The Morgan fingerprint density at radius 2 is 1.57 bits per heavy atom. The van der Waals surface area contributed by atoms with Crippen LogP contribution in [0.3, 0.4) is 0 Å². The first-order chi connectivity index (χ1) is 13.8. The van der Waals surface area contributed by atoms with Gasteiger partial charge in [-0.3, -0.25) is 14.5 Å². The zero-order valence-electron chi connectivity index (χ0n) is 15.3. The number of benzene rings is 2. The molecule has 0 aliphatic carbocycles. The van der Waals surface area contributed by atoms with E-state index in [1.165, 1.54) is 0 Å². The van der Waals surface area contributed by atoms with Gasteiger partial charge in [0.1, 0.15) is 5.69 Å². The van der Waals surface area contributed by atoms with Crippen LogP contribution in [-0.2, 0) is 6.54 Å². The van der Waals surface area contributed by atoms with Crippen molar-refractivity contribution in [3.8, 4) is 22.5 Å². The second kappa shape index (κ2) is 8.31. The zero-order valence-corrected chi connectivity index (χ0v) is 15.3. The largest absolute Gasteiger partial charge is 0.350 e. The topological polar surface area (TPSA) is 59.8 Å². The van der Waals surface area contributed by atoms with Gasteiger partial charge in [0.25, 0.3) is 5.91 Å². The van der Waals surface area contributed by atoms with Crippen LogP contribution in [0, 0.1) is 0 Å². The van der Waals surface area contributed by atoms with Crippen LogP contribution in [0.2, 0.25) is 0 Å². The lowest BCUT2D eigenvalue weighted by Crippen LogP contribution is -2.27. The van der Waals surface area contributed by atoms with E-state index in [9.17, 15) is 4.79 Å². The molecule has 2 aromatic heterocycles. The minimum Gasteiger partial charge on any atom is -0.350 e. The summed E-state index contributed by atoms with van der Waals surface area (Å²) in [7, 11) is 0. The number of rotatable bonds is 6. The van der Waals surface area contributed by atoms with Crippen LogP contribution in [0.5, 0.6) is 0 Å². The molecule has 4 aromatic rings. The van der Waals surface area contributed by atoms with Crippen LogP contribution in [0.25, 0.3) is 22.5 Å². The van der Waals surface area contributed by atoms with Crippen molar-refractivity contribution in [2.75, 3.05) is 6.54 Å². The molecule has 0 saturated carbocycles. The number of hydrogen-bond acceptors (Lipinski definition) is 3. The third kappa shape index (κ3) is 4.15. The first-order valence-corrected chi connectivity index (χ1v) is 9.18. The van der Waals surface area contributed by atoms with Gasteiger partial charge in [0.15, 0.2) is 0 Å². The number of nitrogens with zero attached hydrogens (tertiary/aromatic N) is 3. The molecular formula is C23H20N4O. The Morgan fingerprint density at radius 1 is 0.821 bits per heavy atom. The standard InChI is InChI=1S/C23H20N4O/c28-23(20-11-9-19(10-12-20)18-6-2-1-3-7-18)25-15-17-27-16-13-22(26-27)21-8-4-5-14-24-21/h1-14,16H,15,17H2,(H,25,28). The van der Waals surface area contributed by atoms with Crippen LogP contribution >= 0.6 is 0 Å². The zero-order chi connectivity index (χ0) is 19.2. The lowest BCUT2D eigenvalue weighted by molar-refractivity contribution is 0.0952. The van der Waals surface area contributed by atoms with Crippen LogP contribution < -0.4 is 5.32 Å². The number of carbonyl (C=O) groups is 1. The summed E-state index contributed by atoms with van der Waals surface area (Å²) in [6, 6.07) is 25.4. The Labute approximate surface area is 163 Å². The average Bonchev–Trinajstić information content (AvgIpc) is 3.24. The molecule has 5 heteroatoms. The van der Waals surface area contributed by atoms with Gasteiger partial charge >= 0.3 is 0 Å². The monoisotopic (exact) mass is 368 g/mol. The Balaban J connectivity index is 1.32. The van der Waals surface area contributed by atoms with Gasteiger partial charge in [0.05, 0.1) is 12.2 Å². The van der Waals surface area contributed by atoms with Crippen LogP contribution in [-0.4, -0.2) is 27.2 Å². The molecule has 28 heavy (non-hydrogen) atoms. The fourth-order valence-corrected chi connectivity index (χ4v) is 2.97. The molecule has 2 aromatic carbocycles. The van der Waals surface area contributed by atoms with E-state index in [1.54, 1.807) is 6.20 Å². The van der Waals surface area contributed by atoms with Gasteiger partial charge in [0, 0.05) is 24.5 Å². The summed E-state index contributed by atoms with van der Waals surface area (Å²) in [6.07, 6.45) is 3.64. The molecule has 0 saturated heterocycles. The number of nitrogens with one attached hydrogen (secondary N) is 1. The average molecular weight is 368 g/mol. The maximum absolute atomic E-state index is 12.4. The molecular weight excluding hydrogens is 348 g/mol. The number of aromatic nitrogens is 3. The highest BCUT2D eigenvalue weighted by molar-refractivity contribution is 5.94. The summed E-state index contributed by atoms with van der Waals surface area (Å²) < 4.78 is 1.81. The molecule has 1 N–H and O–H groups in total. The molecule has 1 amide bonds. The fourth-order valence-electron chi connectivity index (χ4n) is 2.97. The summed E-state index contributed by atoms with van der Waals surface area (Å²) in [5.41, 5.74) is 4.54. The summed E-state index contributed by atoms with van der Waals surface area (Å²) in [5.74, 6) is -0.0864. The van der Waals surface area contributed by atoms with Gasteiger partial charge in [-0.15, -0.1) is 0 Å². The maximum atomic E-state index is 12.4. The fraction of sp³-hybridized carbons (Fsp3) is 0.0870. The van der Waals surface area contributed by atoms with E-state index >= 15 is 0 Å². The van der Waals surface area contributed by atoms with E-state index in [0.29, 0.717) is 18.7 Å². The Hall–Kier alpha value is -3.73. The van der Waals surface area contributed by atoms with Gasteiger partial charge in [-0.1, -0.05) is 48.5 Å².